The molecule has 0 bridgehead atoms. The van der Waals surface area contributed by atoms with Gasteiger partial charge in [0.2, 0.25) is 0 Å². The number of ether oxygens (including phenoxy) is 1. The van der Waals surface area contributed by atoms with Gasteiger partial charge in [-0.15, -0.1) is 0 Å². The van der Waals surface area contributed by atoms with Gasteiger partial charge in [0, 0.05) is 22.0 Å². The molecule has 1 aromatic carbocycles. The summed E-state index contributed by atoms with van der Waals surface area (Å²) in [6.45, 7) is 2.47. The standard InChI is InChI=1S/C10H11BrFNO/c1-5-4-14-10-7(9(5)13)2-6(11)3-8(10)12/h2-3,5,9H,4,13H2,1H3. The van der Waals surface area contributed by atoms with E-state index in [1.165, 1.54) is 6.07 Å². The molecule has 0 spiro atoms. The summed E-state index contributed by atoms with van der Waals surface area (Å²) in [6.07, 6.45) is 0. The highest BCUT2D eigenvalue weighted by atomic mass is 79.9. The fourth-order valence-electron chi connectivity index (χ4n) is 1.61. The van der Waals surface area contributed by atoms with E-state index in [1.807, 2.05) is 13.0 Å². The Labute approximate surface area is 90.4 Å². The van der Waals surface area contributed by atoms with Gasteiger partial charge in [0.15, 0.2) is 11.6 Å². The zero-order valence-corrected chi connectivity index (χ0v) is 9.34. The molecule has 2 atom stereocenters. The number of fused-ring (bicyclic) bond motifs is 1. The molecular formula is C10H11BrFNO. The van der Waals surface area contributed by atoms with Crippen LogP contribution in [0.2, 0.25) is 0 Å². The van der Waals surface area contributed by atoms with Crippen LogP contribution in [0.4, 0.5) is 4.39 Å². The first-order valence-electron chi connectivity index (χ1n) is 4.47. The van der Waals surface area contributed by atoms with Crippen LogP contribution in [0.3, 0.4) is 0 Å². The van der Waals surface area contributed by atoms with Crippen molar-refractivity contribution in [1.29, 1.82) is 0 Å². The summed E-state index contributed by atoms with van der Waals surface area (Å²) >= 11 is 3.24. The third kappa shape index (κ3) is 1.53. The van der Waals surface area contributed by atoms with Gasteiger partial charge < -0.3 is 10.5 Å². The van der Waals surface area contributed by atoms with Crippen molar-refractivity contribution in [3.05, 3.63) is 28.0 Å². The predicted octanol–water partition coefficient (Wildman–Crippen LogP) is 2.62. The molecule has 1 aliphatic heterocycles. The van der Waals surface area contributed by atoms with Crippen molar-refractivity contribution < 1.29 is 9.13 Å². The lowest BCUT2D eigenvalue weighted by atomic mass is 9.93. The molecule has 0 aliphatic carbocycles. The van der Waals surface area contributed by atoms with Crippen LogP contribution in [0.5, 0.6) is 5.75 Å². The Morgan fingerprint density at radius 3 is 3.00 bits per heavy atom. The van der Waals surface area contributed by atoms with Crippen molar-refractivity contribution in [3.8, 4) is 5.75 Å². The first-order chi connectivity index (χ1) is 6.59. The second-order valence-electron chi connectivity index (χ2n) is 3.62. The lowest BCUT2D eigenvalue weighted by Crippen LogP contribution is -2.29. The Morgan fingerprint density at radius 1 is 1.57 bits per heavy atom. The summed E-state index contributed by atoms with van der Waals surface area (Å²) in [5, 5.41) is 0. The molecule has 0 aromatic heterocycles. The van der Waals surface area contributed by atoms with Gasteiger partial charge >= 0.3 is 0 Å². The average molecular weight is 260 g/mol. The third-order valence-electron chi connectivity index (χ3n) is 2.50. The van der Waals surface area contributed by atoms with Crippen LogP contribution in [-0.4, -0.2) is 6.61 Å². The van der Waals surface area contributed by atoms with Crippen LogP contribution in [0.25, 0.3) is 0 Å². The lowest BCUT2D eigenvalue weighted by molar-refractivity contribution is 0.198. The Hall–Kier alpha value is -0.610. The van der Waals surface area contributed by atoms with Crippen molar-refractivity contribution in [1.82, 2.24) is 0 Å². The zero-order chi connectivity index (χ0) is 10.3. The van der Waals surface area contributed by atoms with E-state index in [4.69, 9.17) is 10.5 Å². The quantitative estimate of drug-likeness (QED) is 0.778. The molecule has 1 aliphatic rings. The fourth-order valence-corrected chi connectivity index (χ4v) is 2.05. The molecule has 0 saturated carbocycles. The number of hydrogen-bond acceptors (Lipinski definition) is 2. The van der Waals surface area contributed by atoms with Crippen molar-refractivity contribution >= 4 is 15.9 Å². The number of hydrogen-bond donors (Lipinski definition) is 1. The van der Waals surface area contributed by atoms with Crippen LogP contribution in [0.15, 0.2) is 16.6 Å². The van der Waals surface area contributed by atoms with E-state index in [9.17, 15) is 4.39 Å². The molecule has 1 aromatic rings. The number of benzene rings is 1. The zero-order valence-electron chi connectivity index (χ0n) is 7.76. The number of nitrogens with two attached hydrogens (primary N) is 1. The largest absolute Gasteiger partial charge is 0.490 e. The Morgan fingerprint density at radius 2 is 2.29 bits per heavy atom. The topological polar surface area (TPSA) is 35.2 Å². The maximum atomic E-state index is 13.4. The lowest BCUT2D eigenvalue weighted by Gasteiger charge is -2.29. The van der Waals surface area contributed by atoms with E-state index < -0.39 is 0 Å². The Bertz CT molecular complexity index is 369. The van der Waals surface area contributed by atoms with Crippen molar-refractivity contribution in [3.63, 3.8) is 0 Å². The van der Waals surface area contributed by atoms with Gasteiger partial charge in [-0.25, -0.2) is 4.39 Å². The van der Waals surface area contributed by atoms with Crippen molar-refractivity contribution in [2.24, 2.45) is 11.7 Å². The van der Waals surface area contributed by atoms with Gasteiger partial charge in [0.1, 0.15) is 0 Å². The van der Waals surface area contributed by atoms with E-state index in [1.54, 1.807) is 0 Å². The van der Waals surface area contributed by atoms with Crippen molar-refractivity contribution in [2.45, 2.75) is 13.0 Å². The molecule has 1 heterocycles. The molecule has 0 fully saturated rings. The summed E-state index contributed by atoms with van der Waals surface area (Å²) in [5.74, 6) is 0.173. The van der Waals surface area contributed by atoms with Gasteiger partial charge in [-0.1, -0.05) is 22.9 Å². The molecule has 0 saturated heterocycles. The molecular weight excluding hydrogens is 249 g/mol. The van der Waals surface area contributed by atoms with Crippen LogP contribution in [0, 0.1) is 11.7 Å². The Kier molecular flexibility index (Phi) is 2.49. The van der Waals surface area contributed by atoms with Gasteiger partial charge in [-0.05, 0) is 12.1 Å². The first kappa shape index (κ1) is 9.93. The molecule has 0 radical (unpaired) electrons. The first-order valence-corrected chi connectivity index (χ1v) is 5.26. The van der Waals surface area contributed by atoms with E-state index >= 15 is 0 Å². The third-order valence-corrected chi connectivity index (χ3v) is 2.96. The molecule has 2 N–H and O–H groups in total. The molecule has 2 unspecified atom stereocenters. The summed E-state index contributed by atoms with van der Waals surface area (Å²) in [5.41, 5.74) is 6.71. The van der Waals surface area contributed by atoms with E-state index in [2.05, 4.69) is 15.9 Å². The number of rotatable bonds is 0. The molecule has 4 heteroatoms. The second kappa shape index (κ2) is 3.51. The molecule has 2 rings (SSSR count). The summed E-state index contributed by atoms with van der Waals surface area (Å²) in [7, 11) is 0. The van der Waals surface area contributed by atoms with Crippen LogP contribution in [0.1, 0.15) is 18.5 Å². The molecule has 76 valence electrons. The number of halogens is 2. The summed E-state index contributed by atoms with van der Waals surface area (Å²) < 4.78 is 19.4. The van der Waals surface area contributed by atoms with E-state index in [0.717, 1.165) is 5.56 Å². The average Bonchev–Trinajstić information content (AvgIpc) is 2.12. The van der Waals surface area contributed by atoms with Crippen molar-refractivity contribution in [2.75, 3.05) is 6.61 Å². The van der Waals surface area contributed by atoms with Crippen LogP contribution >= 0.6 is 15.9 Å². The maximum Gasteiger partial charge on any atom is 0.166 e. The minimum Gasteiger partial charge on any atom is -0.490 e. The summed E-state index contributed by atoms with van der Waals surface area (Å²) in [4.78, 5) is 0. The minimum absolute atomic E-state index is 0.147. The van der Waals surface area contributed by atoms with Gasteiger partial charge in [-0.2, -0.15) is 0 Å². The van der Waals surface area contributed by atoms with Gasteiger partial charge in [-0.3, -0.25) is 0 Å². The van der Waals surface area contributed by atoms with E-state index in [-0.39, 0.29) is 17.8 Å². The molecule has 0 amide bonds. The van der Waals surface area contributed by atoms with Crippen LogP contribution in [-0.2, 0) is 0 Å². The molecule has 14 heavy (non-hydrogen) atoms. The normalized spacial score (nSPS) is 25.4. The highest BCUT2D eigenvalue weighted by Crippen LogP contribution is 2.37. The fraction of sp³-hybridized carbons (Fsp3) is 0.400. The van der Waals surface area contributed by atoms with Crippen LogP contribution < -0.4 is 10.5 Å². The monoisotopic (exact) mass is 259 g/mol. The highest BCUT2D eigenvalue weighted by molar-refractivity contribution is 9.10. The van der Waals surface area contributed by atoms with Gasteiger partial charge in [0.25, 0.3) is 0 Å². The maximum absolute atomic E-state index is 13.4. The molecule has 2 nitrogen and oxygen atoms in total. The predicted molar refractivity (Wildman–Crippen MR) is 55.7 cm³/mol. The smallest absolute Gasteiger partial charge is 0.166 e. The second-order valence-corrected chi connectivity index (χ2v) is 4.54. The SMILES string of the molecule is CC1COc2c(F)cc(Br)cc2C1N. The van der Waals surface area contributed by atoms with Gasteiger partial charge in [0.05, 0.1) is 6.61 Å². The Balaban J connectivity index is 2.54. The minimum atomic E-state index is -0.350. The highest BCUT2D eigenvalue weighted by Gasteiger charge is 2.27. The van der Waals surface area contributed by atoms with E-state index in [0.29, 0.717) is 16.8 Å². The summed E-state index contributed by atoms with van der Waals surface area (Å²) in [6, 6.07) is 3.06.